The highest BCUT2D eigenvalue weighted by atomic mass is 32.2. The van der Waals surface area contributed by atoms with Gasteiger partial charge in [-0.05, 0) is 105 Å². The minimum absolute atomic E-state index is 0.0591. The number of nitrogens with zero attached hydrogens (tertiary/aromatic N) is 1. The minimum atomic E-state index is -0.0926. The SMILES string of the molecule is CC1(C)c2ccccc2-c2ccc(N(C3=CCC(C4=CCCC=C4)C=C3)c3ccc4c(c3)C(C)(C)c3ccc5c(c3-4)SC3C=CC=CC53)cc21. The summed E-state index contributed by atoms with van der Waals surface area (Å²) in [5.41, 5.74) is 17.8. The lowest BCUT2D eigenvalue weighted by molar-refractivity contribution is 0.659. The van der Waals surface area contributed by atoms with Gasteiger partial charge in [-0.15, -0.1) is 11.8 Å². The van der Waals surface area contributed by atoms with Crippen molar-refractivity contribution in [3.8, 4) is 22.3 Å². The van der Waals surface area contributed by atoms with Crippen LogP contribution in [-0.2, 0) is 10.8 Å². The van der Waals surface area contributed by atoms with Gasteiger partial charge in [-0.25, -0.2) is 0 Å². The number of anilines is 2. The normalized spacial score (nSPS) is 23.7. The van der Waals surface area contributed by atoms with Crippen molar-refractivity contribution in [3.05, 3.63) is 173 Å². The predicted molar refractivity (Wildman–Crippen MR) is 213 cm³/mol. The van der Waals surface area contributed by atoms with Crippen molar-refractivity contribution >= 4 is 23.1 Å². The Hall–Kier alpha value is -4.53. The van der Waals surface area contributed by atoms with Crippen molar-refractivity contribution in [2.75, 3.05) is 4.90 Å². The summed E-state index contributed by atoms with van der Waals surface area (Å²) in [6.07, 6.45) is 26.9. The summed E-state index contributed by atoms with van der Waals surface area (Å²) in [6, 6.07) is 28.3. The van der Waals surface area contributed by atoms with Crippen molar-refractivity contribution in [3.63, 3.8) is 0 Å². The van der Waals surface area contributed by atoms with E-state index in [1.807, 2.05) is 0 Å². The maximum Gasteiger partial charge on any atom is 0.0464 e. The quantitative estimate of drug-likeness (QED) is 0.213. The number of benzene rings is 4. The zero-order chi connectivity index (χ0) is 33.8. The fourth-order valence-corrected chi connectivity index (χ4v) is 11.2. The molecule has 1 heterocycles. The first-order valence-electron chi connectivity index (χ1n) is 18.4. The summed E-state index contributed by atoms with van der Waals surface area (Å²) in [4.78, 5) is 4.01. The molecule has 0 bridgehead atoms. The van der Waals surface area contributed by atoms with E-state index in [0.717, 1.165) is 19.3 Å². The van der Waals surface area contributed by atoms with Gasteiger partial charge in [0.15, 0.2) is 0 Å². The van der Waals surface area contributed by atoms with Crippen LogP contribution in [0.25, 0.3) is 22.3 Å². The number of hydrogen-bond donors (Lipinski definition) is 0. The molecule has 5 aliphatic carbocycles. The lowest BCUT2D eigenvalue weighted by Crippen LogP contribution is -2.21. The van der Waals surface area contributed by atoms with Crippen molar-refractivity contribution in [1.82, 2.24) is 0 Å². The lowest BCUT2D eigenvalue weighted by Gasteiger charge is -2.32. The van der Waals surface area contributed by atoms with Crippen LogP contribution in [0, 0.1) is 5.92 Å². The monoisotopic (exact) mass is 665 g/mol. The van der Waals surface area contributed by atoms with Crippen LogP contribution in [-0.4, -0.2) is 5.25 Å². The first-order valence-corrected chi connectivity index (χ1v) is 19.3. The molecule has 0 spiro atoms. The molecule has 0 fully saturated rings. The molecule has 0 saturated carbocycles. The molecule has 6 aliphatic rings. The molecule has 246 valence electrons. The molecular formula is C48H43NS. The first-order chi connectivity index (χ1) is 24.3. The Labute approximate surface area is 301 Å². The Morgan fingerprint density at radius 1 is 0.660 bits per heavy atom. The fourth-order valence-electron chi connectivity index (χ4n) is 9.65. The smallest absolute Gasteiger partial charge is 0.0464 e. The second-order valence-corrected chi connectivity index (χ2v) is 17.1. The van der Waals surface area contributed by atoms with Crippen LogP contribution in [0.1, 0.15) is 80.7 Å². The molecule has 50 heavy (non-hydrogen) atoms. The summed E-state index contributed by atoms with van der Waals surface area (Å²) in [5, 5.41) is 0.493. The third-order valence-corrected chi connectivity index (χ3v) is 13.8. The van der Waals surface area contributed by atoms with Gasteiger partial charge in [0.1, 0.15) is 0 Å². The molecule has 2 heteroatoms. The summed E-state index contributed by atoms with van der Waals surface area (Å²) in [7, 11) is 0. The first kappa shape index (κ1) is 30.3. The fraction of sp³-hybridized carbons (Fsp3) is 0.250. The van der Waals surface area contributed by atoms with Crippen LogP contribution in [0.3, 0.4) is 0 Å². The summed E-state index contributed by atoms with van der Waals surface area (Å²) >= 11 is 2.06. The van der Waals surface area contributed by atoms with Crippen LogP contribution >= 0.6 is 11.8 Å². The Balaban J connectivity index is 1.10. The summed E-state index contributed by atoms with van der Waals surface area (Å²) in [6.45, 7) is 9.62. The average molecular weight is 666 g/mol. The maximum absolute atomic E-state index is 2.53. The van der Waals surface area contributed by atoms with Crippen molar-refractivity contribution in [2.24, 2.45) is 5.92 Å². The van der Waals surface area contributed by atoms with Crippen molar-refractivity contribution in [1.29, 1.82) is 0 Å². The summed E-state index contributed by atoms with van der Waals surface area (Å²) in [5.74, 6) is 0.906. The largest absolute Gasteiger partial charge is 0.311 e. The average Bonchev–Trinajstić information content (AvgIpc) is 3.72. The van der Waals surface area contributed by atoms with Gasteiger partial charge in [0.25, 0.3) is 0 Å². The molecule has 10 rings (SSSR count). The molecule has 1 aliphatic heterocycles. The van der Waals surface area contributed by atoms with E-state index in [9.17, 15) is 0 Å². The van der Waals surface area contributed by atoms with Gasteiger partial charge >= 0.3 is 0 Å². The molecular weight excluding hydrogens is 623 g/mol. The van der Waals surface area contributed by atoms with E-state index < -0.39 is 0 Å². The topological polar surface area (TPSA) is 3.24 Å². The molecule has 4 aromatic rings. The van der Waals surface area contributed by atoms with Crippen LogP contribution in [0.5, 0.6) is 0 Å². The van der Waals surface area contributed by atoms with E-state index in [2.05, 4.69) is 178 Å². The van der Waals surface area contributed by atoms with E-state index in [1.165, 1.54) is 77.6 Å². The molecule has 0 aromatic heterocycles. The van der Waals surface area contributed by atoms with Gasteiger partial charge in [-0.2, -0.15) is 0 Å². The van der Waals surface area contributed by atoms with Gasteiger partial charge in [0, 0.05) is 49.9 Å². The maximum atomic E-state index is 2.53. The number of fused-ring (bicyclic) bond motifs is 10. The number of rotatable bonds is 4. The number of allylic oxidation sites excluding steroid dienone is 10. The van der Waals surface area contributed by atoms with Crippen molar-refractivity contribution in [2.45, 2.75) is 73.9 Å². The molecule has 4 aromatic carbocycles. The molecule has 0 radical (unpaired) electrons. The Morgan fingerprint density at radius 3 is 2.18 bits per heavy atom. The Kier molecular flexibility index (Phi) is 6.66. The minimum Gasteiger partial charge on any atom is -0.311 e. The third-order valence-electron chi connectivity index (χ3n) is 12.4. The molecule has 3 atom stereocenters. The van der Waals surface area contributed by atoms with Gasteiger partial charge in [0.05, 0.1) is 0 Å². The summed E-state index contributed by atoms with van der Waals surface area (Å²) < 4.78 is 0. The van der Waals surface area contributed by atoms with E-state index in [1.54, 1.807) is 0 Å². The van der Waals surface area contributed by atoms with Gasteiger partial charge < -0.3 is 4.90 Å². The van der Waals surface area contributed by atoms with Crippen LogP contribution in [0.4, 0.5) is 11.4 Å². The molecule has 1 nitrogen and oxygen atoms in total. The highest BCUT2D eigenvalue weighted by molar-refractivity contribution is 8.00. The van der Waals surface area contributed by atoms with Gasteiger partial charge in [0.2, 0.25) is 0 Å². The highest BCUT2D eigenvalue weighted by Gasteiger charge is 2.42. The second kappa shape index (κ2) is 11.0. The highest BCUT2D eigenvalue weighted by Crippen LogP contribution is 2.59. The lowest BCUT2D eigenvalue weighted by atomic mass is 9.81. The molecule has 3 unspecified atom stereocenters. The molecule has 0 amide bonds. The predicted octanol–water partition coefficient (Wildman–Crippen LogP) is 12.9. The van der Waals surface area contributed by atoms with Crippen LogP contribution in [0.15, 0.2) is 150 Å². The zero-order valence-electron chi connectivity index (χ0n) is 29.4. The second-order valence-electron chi connectivity index (χ2n) is 15.9. The van der Waals surface area contributed by atoms with Crippen molar-refractivity contribution < 1.29 is 0 Å². The van der Waals surface area contributed by atoms with Gasteiger partial charge in [-0.3, -0.25) is 0 Å². The molecule has 0 saturated heterocycles. The zero-order valence-corrected chi connectivity index (χ0v) is 30.2. The Morgan fingerprint density at radius 2 is 1.40 bits per heavy atom. The Bertz CT molecular complexity index is 2300. The third kappa shape index (κ3) is 4.34. The van der Waals surface area contributed by atoms with Crippen LogP contribution in [0.2, 0.25) is 0 Å². The standard InChI is InChI=1S/C48H43NS/c1-47(2)40-16-10-8-14-35(40)36-24-22-33(28-42(36)47)49(32-20-18-31(19-21-32)30-12-6-5-7-13-30)34-23-25-39-43(29-34)48(3,4)41-27-26-38-37-15-9-11-17-44(37)50-46(38)45(39)41/h6,8-18,20-29,31,37,44H,5,7,19H2,1-4H3. The number of hydrogen-bond acceptors (Lipinski definition) is 2. The van der Waals surface area contributed by atoms with E-state index in [4.69, 9.17) is 0 Å². The van der Waals surface area contributed by atoms with E-state index >= 15 is 0 Å². The van der Waals surface area contributed by atoms with Crippen LogP contribution < -0.4 is 4.90 Å². The van der Waals surface area contributed by atoms with E-state index in [-0.39, 0.29) is 10.8 Å². The van der Waals surface area contributed by atoms with Gasteiger partial charge in [-0.1, -0.05) is 131 Å². The molecule has 0 N–H and O–H groups in total. The van der Waals surface area contributed by atoms with E-state index in [0.29, 0.717) is 17.1 Å². The number of thioether (sulfide) groups is 1.